The molecule has 0 saturated carbocycles. The molecule has 4 rings (SSSR count). The number of carbonyl (C=O) groups excluding carboxylic acids is 1. The Morgan fingerprint density at radius 2 is 1.68 bits per heavy atom. The van der Waals surface area contributed by atoms with Gasteiger partial charge in [0, 0.05) is 0 Å². The molecule has 0 atom stereocenters. The molecule has 0 fully saturated rings. The van der Waals surface area contributed by atoms with Gasteiger partial charge >= 0.3 is 0 Å². The van der Waals surface area contributed by atoms with E-state index in [1.54, 1.807) is 28.9 Å². The molecule has 0 bridgehead atoms. The minimum absolute atomic E-state index is 0.0982. The highest BCUT2D eigenvalue weighted by atomic mass is 35.5. The zero-order chi connectivity index (χ0) is 27.3. The lowest BCUT2D eigenvalue weighted by Crippen LogP contribution is -2.40. The van der Waals surface area contributed by atoms with Crippen molar-refractivity contribution in [1.29, 1.82) is 0 Å². The Morgan fingerprint density at radius 3 is 2.37 bits per heavy atom. The number of halogens is 1. The first-order valence-corrected chi connectivity index (χ1v) is 13.8. The standard InChI is InChI=1S/C28H28ClN5O3S/c1-4-22-10-8-9-13-26(22)33(38(36,37)24-16-14-20(2)15-17-24)19-27(35)31-30-18-25-21(3)34(32-28(25)29)23-11-6-5-7-12-23/h5-18H,4,19H2,1-3H3,(H,31,35)/b30-18-. The third-order valence-corrected chi connectivity index (χ3v) is 8.09. The zero-order valence-electron chi connectivity index (χ0n) is 21.3. The number of hydrogen-bond donors (Lipinski definition) is 1. The molecule has 0 aliphatic heterocycles. The highest BCUT2D eigenvalue weighted by molar-refractivity contribution is 7.92. The minimum atomic E-state index is -4.03. The Morgan fingerprint density at radius 1 is 1.03 bits per heavy atom. The predicted molar refractivity (Wildman–Crippen MR) is 151 cm³/mol. The summed E-state index contributed by atoms with van der Waals surface area (Å²) in [6, 6.07) is 23.1. The van der Waals surface area contributed by atoms with Crippen molar-refractivity contribution in [3.8, 4) is 5.69 Å². The van der Waals surface area contributed by atoms with Gasteiger partial charge in [0.05, 0.1) is 33.7 Å². The summed E-state index contributed by atoms with van der Waals surface area (Å²) in [5.41, 5.74) is 6.72. The number of para-hydroxylation sites is 2. The number of anilines is 1. The molecule has 4 aromatic rings. The second-order valence-corrected chi connectivity index (χ2v) is 10.9. The summed E-state index contributed by atoms with van der Waals surface area (Å²) in [5, 5.41) is 8.62. The largest absolute Gasteiger partial charge is 0.271 e. The molecule has 0 aliphatic carbocycles. The lowest BCUT2D eigenvalue weighted by molar-refractivity contribution is -0.119. The van der Waals surface area contributed by atoms with Crippen LogP contribution in [-0.4, -0.2) is 36.9 Å². The molecule has 38 heavy (non-hydrogen) atoms. The van der Waals surface area contributed by atoms with E-state index in [9.17, 15) is 13.2 Å². The summed E-state index contributed by atoms with van der Waals surface area (Å²) in [5.74, 6) is -0.605. The quantitative estimate of drug-likeness (QED) is 0.233. The van der Waals surface area contributed by atoms with E-state index in [0.29, 0.717) is 17.7 Å². The van der Waals surface area contributed by atoms with Gasteiger partial charge in [0.2, 0.25) is 0 Å². The fourth-order valence-corrected chi connectivity index (χ4v) is 5.69. The van der Waals surface area contributed by atoms with Crippen molar-refractivity contribution in [1.82, 2.24) is 15.2 Å². The number of benzene rings is 3. The number of carbonyl (C=O) groups is 1. The van der Waals surface area contributed by atoms with Crippen LogP contribution >= 0.6 is 11.6 Å². The summed E-state index contributed by atoms with van der Waals surface area (Å²) in [6.07, 6.45) is 2.00. The number of sulfonamides is 1. The van der Waals surface area contributed by atoms with Gasteiger partial charge in [0.15, 0.2) is 5.15 Å². The lowest BCUT2D eigenvalue weighted by Gasteiger charge is -2.25. The Labute approximate surface area is 227 Å². The SMILES string of the molecule is CCc1ccccc1N(CC(=O)N/N=C\c1c(Cl)nn(-c2ccccc2)c1C)S(=O)(=O)c1ccc(C)cc1. The van der Waals surface area contributed by atoms with E-state index in [0.717, 1.165) is 26.8 Å². The second kappa shape index (κ2) is 11.6. The molecule has 0 radical (unpaired) electrons. The van der Waals surface area contributed by atoms with Gasteiger partial charge in [0.1, 0.15) is 6.54 Å². The molecular weight excluding hydrogens is 522 g/mol. The van der Waals surface area contributed by atoms with Gasteiger partial charge in [-0.1, -0.05) is 72.6 Å². The number of aryl methyl sites for hydroxylation is 2. The Hall–Kier alpha value is -3.95. The number of nitrogens with zero attached hydrogens (tertiary/aromatic N) is 4. The third-order valence-electron chi connectivity index (χ3n) is 6.04. The molecule has 8 nitrogen and oxygen atoms in total. The van der Waals surface area contributed by atoms with E-state index >= 15 is 0 Å². The number of hydrogen-bond acceptors (Lipinski definition) is 5. The van der Waals surface area contributed by atoms with Crippen LogP contribution in [-0.2, 0) is 21.2 Å². The topological polar surface area (TPSA) is 96.7 Å². The average Bonchev–Trinajstić information content (AvgIpc) is 3.21. The highest BCUT2D eigenvalue weighted by Crippen LogP contribution is 2.27. The molecule has 0 unspecified atom stereocenters. The van der Waals surface area contributed by atoms with Gasteiger partial charge in [0.25, 0.3) is 15.9 Å². The Kier molecular flexibility index (Phi) is 8.29. The fourth-order valence-electron chi connectivity index (χ4n) is 3.97. The van der Waals surface area contributed by atoms with Gasteiger partial charge in [-0.15, -0.1) is 0 Å². The number of amides is 1. The normalized spacial score (nSPS) is 11.6. The van der Waals surface area contributed by atoms with Crippen LogP contribution in [0.15, 0.2) is 88.9 Å². The van der Waals surface area contributed by atoms with Crippen LogP contribution in [0.2, 0.25) is 5.15 Å². The first-order chi connectivity index (χ1) is 18.2. The van der Waals surface area contributed by atoms with Crippen molar-refractivity contribution in [2.45, 2.75) is 32.1 Å². The maximum absolute atomic E-state index is 13.6. The van der Waals surface area contributed by atoms with E-state index < -0.39 is 22.5 Å². The van der Waals surface area contributed by atoms with Crippen molar-refractivity contribution in [2.75, 3.05) is 10.8 Å². The fraction of sp³-hybridized carbons (Fsp3) is 0.179. The molecule has 1 aromatic heterocycles. The number of aromatic nitrogens is 2. The van der Waals surface area contributed by atoms with Crippen LogP contribution in [0.1, 0.15) is 29.3 Å². The number of rotatable bonds is 9. The molecule has 3 aromatic carbocycles. The number of nitrogens with one attached hydrogen (secondary N) is 1. The molecule has 0 aliphatic rings. The summed E-state index contributed by atoms with van der Waals surface area (Å²) >= 11 is 6.33. The van der Waals surface area contributed by atoms with Crippen LogP contribution in [0, 0.1) is 13.8 Å². The predicted octanol–water partition coefficient (Wildman–Crippen LogP) is 5.05. The zero-order valence-corrected chi connectivity index (χ0v) is 22.9. The van der Waals surface area contributed by atoms with Crippen LogP contribution in [0.5, 0.6) is 0 Å². The molecule has 0 saturated heterocycles. The van der Waals surface area contributed by atoms with Crippen molar-refractivity contribution in [3.05, 3.63) is 106 Å². The maximum atomic E-state index is 13.6. The molecule has 1 heterocycles. The van der Waals surface area contributed by atoms with E-state index in [1.165, 1.54) is 18.3 Å². The van der Waals surface area contributed by atoms with E-state index in [2.05, 4.69) is 15.6 Å². The molecule has 1 amide bonds. The van der Waals surface area contributed by atoms with Crippen LogP contribution < -0.4 is 9.73 Å². The van der Waals surface area contributed by atoms with Crippen LogP contribution in [0.3, 0.4) is 0 Å². The van der Waals surface area contributed by atoms with Crippen molar-refractivity contribution in [3.63, 3.8) is 0 Å². The Balaban J connectivity index is 1.58. The van der Waals surface area contributed by atoms with Crippen molar-refractivity contribution in [2.24, 2.45) is 5.10 Å². The summed E-state index contributed by atoms with van der Waals surface area (Å²) in [7, 11) is -4.03. The lowest BCUT2D eigenvalue weighted by atomic mass is 10.1. The average molecular weight is 550 g/mol. The third kappa shape index (κ3) is 5.79. The maximum Gasteiger partial charge on any atom is 0.264 e. The summed E-state index contributed by atoms with van der Waals surface area (Å²) in [6.45, 7) is 5.19. The Bertz CT molecular complexity index is 1570. The first kappa shape index (κ1) is 27.1. The molecule has 0 spiro atoms. The van der Waals surface area contributed by atoms with Gasteiger partial charge in [-0.05, 0) is 56.2 Å². The molecule has 1 N–H and O–H groups in total. The van der Waals surface area contributed by atoms with Crippen molar-refractivity contribution < 1.29 is 13.2 Å². The van der Waals surface area contributed by atoms with E-state index in [4.69, 9.17) is 11.6 Å². The second-order valence-electron chi connectivity index (χ2n) is 8.64. The monoisotopic (exact) mass is 549 g/mol. The number of hydrazone groups is 1. The first-order valence-electron chi connectivity index (χ1n) is 12.0. The highest BCUT2D eigenvalue weighted by Gasteiger charge is 2.28. The van der Waals surface area contributed by atoms with E-state index in [1.807, 2.05) is 63.2 Å². The van der Waals surface area contributed by atoms with Crippen LogP contribution in [0.25, 0.3) is 5.69 Å². The smallest absolute Gasteiger partial charge is 0.264 e. The van der Waals surface area contributed by atoms with Gasteiger partial charge in [-0.25, -0.2) is 18.5 Å². The molecule has 196 valence electrons. The van der Waals surface area contributed by atoms with Crippen molar-refractivity contribution >= 4 is 39.4 Å². The minimum Gasteiger partial charge on any atom is -0.271 e. The van der Waals surface area contributed by atoms with E-state index in [-0.39, 0.29) is 10.0 Å². The van der Waals surface area contributed by atoms with Gasteiger partial charge in [-0.2, -0.15) is 10.2 Å². The summed E-state index contributed by atoms with van der Waals surface area (Å²) in [4.78, 5) is 13.1. The summed E-state index contributed by atoms with van der Waals surface area (Å²) < 4.78 is 30.1. The van der Waals surface area contributed by atoms with Crippen LogP contribution in [0.4, 0.5) is 5.69 Å². The molecule has 10 heteroatoms. The van der Waals surface area contributed by atoms with Gasteiger partial charge < -0.3 is 0 Å². The van der Waals surface area contributed by atoms with Gasteiger partial charge in [-0.3, -0.25) is 9.10 Å². The molecular formula is C28H28ClN5O3S.